The third-order valence-electron chi connectivity index (χ3n) is 4.03. The highest BCUT2D eigenvalue weighted by molar-refractivity contribution is 5.01. The van der Waals surface area contributed by atoms with Gasteiger partial charge in [0, 0.05) is 6.61 Å². The SMILES string of the molecule is CCCCCCCCCC=C(CCO)CCCCCC. The first kappa shape index (κ1) is 19.7. The minimum Gasteiger partial charge on any atom is -0.396 e. The number of aliphatic hydroxyl groups excluding tert-OH is 1. The summed E-state index contributed by atoms with van der Waals surface area (Å²) in [5, 5.41) is 9.12. The molecule has 0 aliphatic carbocycles. The van der Waals surface area contributed by atoms with E-state index in [9.17, 15) is 0 Å². The van der Waals surface area contributed by atoms with E-state index in [0.717, 1.165) is 6.42 Å². The van der Waals surface area contributed by atoms with Crippen LogP contribution in [-0.4, -0.2) is 11.7 Å². The lowest BCUT2D eigenvalue weighted by Gasteiger charge is -2.06. The smallest absolute Gasteiger partial charge is 0.0468 e. The van der Waals surface area contributed by atoms with Gasteiger partial charge in [0.15, 0.2) is 0 Å². The van der Waals surface area contributed by atoms with Gasteiger partial charge in [0.05, 0.1) is 0 Å². The summed E-state index contributed by atoms with van der Waals surface area (Å²) in [6, 6.07) is 0. The van der Waals surface area contributed by atoms with E-state index < -0.39 is 0 Å². The van der Waals surface area contributed by atoms with Gasteiger partial charge < -0.3 is 5.11 Å². The average Bonchev–Trinajstić information content (AvgIpc) is 2.46. The molecule has 0 atom stereocenters. The Morgan fingerprint density at radius 3 is 1.85 bits per heavy atom. The highest BCUT2D eigenvalue weighted by atomic mass is 16.2. The van der Waals surface area contributed by atoms with Crippen molar-refractivity contribution >= 4 is 0 Å². The van der Waals surface area contributed by atoms with Crippen LogP contribution >= 0.6 is 0 Å². The molecule has 0 aromatic carbocycles. The van der Waals surface area contributed by atoms with Gasteiger partial charge in [-0.3, -0.25) is 0 Å². The first-order valence-electron chi connectivity index (χ1n) is 9.13. The molecular weight excluding hydrogens is 244 g/mol. The Hall–Kier alpha value is -0.300. The summed E-state index contributed by atoms with van der Waals surface area (Å²) >= 11 is 0. The second kappa shape index (κ2) is 16.8. The molecule has 120 valence electrons. The third kappa shape index (κ3) is 14.1. The molecule has 0 aromatic rings. The number of hydrogen-bond acceptors (Lipinski definition) is 1. The first-order chi connectivity index (χ1) is 9.85. The standard InChI is InChI=1S/C19H38O/c1-3-5-7-9-10-11-12-14-16-19(17-18-20)15-13-8-6-4-2/h16,20H,3-15,17-18H2,1-2H3. The van der Waals surface area contributed by atoms with Gasteiger partial charge in [-0.25, -0.2) is 0 Å². The molecule has 1 heteroatoms. The molecule has 0 rings (SSSR count). The zero-order valence-corrected chi connectivity index (χ0v) is 14.1. The maximum atomic E-state index is 9.12. The van der Waals surface area contributed by atoms with E-state index in [0.29, 0.717) is 6.61 Å². The molecule has 0 fully saturated rings. The molecule has 0 aliphatic rings. The maximum absolute atomic E-state index is 9.12. The third-order valence-corrected chi connectivity index (χ3v) is 4.03. The fourth-order valence-electron chi connectivity index (χ4n) is 2.66. The highest BCUT2D eigenvalue weighted by Gasteiger charge is 1.98. The van der Waals surface area contributed by atoms with Gasteiger partial charge in [0.1, 0.15) is 0 Å². The van der Waals surface area contributed by atoms with Crippen molar-refractivity contribution in [2.24, 2.45) is 0 Å². The van der Waals surface area contributed by atoms with E-state index in [1.807, 2.05) is 0 Å². The maximum Gasteiger partial charge on any atom is 0.0468 e. The molecular formula is C19H38O. The number of allylic oxidation sites excluding steroid dienone is 1. The molecule has 0 unspecified atom stereocenters. The van der Waals surface area contributed by atoms with Crippen molar-refractivity contribution in [3.05, 3.63) is 11.6 Å². The Labute approximate surface area is 127 Å². The van der Waals surface area contributed by atoms with Gasteiger partial charge in [-0.2, -0.15) is 0 Å². The van der Waals surface area contributed by atoms with Crippen molar-refractivity contribution in [1.29, 1.82) is 0 Å². The van der Waals surface area contributed by atoms with E-state index in [1.54, 1.807) is 0 Å². The zero-order valence-electron chi connectivity index (χ0n) is 14.1. The number of unbranched alkanes of at least 4 members (excludes halogenated alkanes) is 10. The molecule has 0 saturated heterocycles. The molecule has 0 aliphatic heterocycles. The van der Waals surface area contributed by atoms with Gasteiger partial charge in [0.25, 0.3) is 0 Å². The molecule has 0 saturated carbocycles. The fraction of sp³-hybridized carbons (Fsp3) is 0.895. The van der Waals surface area contributed by atoms with Crippen LogP contribution < -0.4 is 0 Å². The highest BCUT2D eigenvalue weighted by Crippen LogP contribution is 2.16. The second-order valence-electron chi connectivity index (χ2n) is 6.06. The fourth-order valence-corrected chi connectivity index (χ4v) is 2.66. The van der Waals surface area contributed by atoms with E-state index in [4.69, 9.17) is 5.11 Å². The van der Waals surface area contributed by atoms with E-state index >= 15 is 0 Å². The lowest BCUT2D eigenvalue weighted by Crippen LogP contribution is -1.90. The molecule has 1 nitrogen and oxygen atoms in total. The molecule has 1 N–H and O–H groups in total. The Balaban J connectivity index is 3.58. The number of aliphatic hydroxyl groups is 1. The molecule has 0 amide bonds. The Morgan fingerprint density at radius 2 is 1.25 bits per heavy atom. The molecule has 0 spiro atoms. The summed E-state index contributed by atoms with van der Waals surface area (Å²) in [7, 11) is 0. The lowest BCUT2D eigenvalue weighted by molar-refractivity contribution is 0.297. The minimum absolute atomic E-state index is 0.316. The lowest BCUT2D eigenvalue weighted by atomic mass is 10.0. The normalized spacial score (nSPS) is 12.1. The van der Waals surface area contributed by atoms with Crippen LogP contribution in [0.2, 0.25) is 0 Å². The summed E-state index contributed by atoms with van der Waals surface area (Å²) in [4.78, 5) is 0. The Morgan fingerprint density at radius 1 is 0.700 bits per heavy atom. The summed E-state index contributed by atoms with van der Waals surface area (Å²) in [5.74, 6) is 0. The van der Waals surface area contributed by atoms with Gasteiger partial charge in [0.2, 0.25) is 0 Å². The molecule has 0 aromatic heterocycles. The van der Waals surface area contributed by atoms with Crippen molar-refractivity contribution in [2.45, 2.75) is 104 Å². The number of rotatable bonds is 15. The van der Waals surface area contributed by atoms with Crippen LogP contribution in [0.1, 0.15) is 104 Å². The van der Waals surface area contributed by atoms with Crippen molar-refractivity contribution in [3.63, 3.8) is 0 Å². The quantitative estimate of drug-likeness (QED) is 0.272. The molecule has 0 bridgehead atoms. The van der Waals surface area contributed by atoms with E-state index in [-0.39, 0.29) is 0 Å². The van der Waals surface area contributed by atoms with Crippen LogP contribution in [0.3, 0.4) is 0 Å². The van der Waals surface area contributed by atoms with Crippen LogP contribution in [0.5, 0.6) is 0 Å². The predicted octanol–water partition coefficient (Wildman–Crippen LogP) is 6.41. The minimum atomic E-state index is 0.316. The van der Waals surface area contributed by atoms with Crippen molar-refractivity contribution < 1.29 is 5.11 Å². The van der Waals surface area contributed by atoms with Crippen molar-refractivity contribution in [1.82, 2.24) is 0 Å². The Kier molecular flexibility index (Phi) is 16.5. The summed E-state index contributed by atoms with van der Waals surface area (Å²) in [6.45, 7) is 4.84. The van der Waals surface area contributed by atoms with Crippen LogP contribution in [-0.2, 0) is 0 Å². The van der Waals surface area contributed by atoms with E-state index in [2.05, 4.69) is 19.9 Å². The summed E-state index contributed by atoms with van der Waals surface area (Å²) in [6.07, 6.45) is 20.7. The monoisotopic (exact) mass is 282 g/mol. The van der Waals surface area contributed by atoms with Crippen LogP contribution in [0.4, 0.5) is 0 Å². The van der Waals surface area contributed by atoms with Crippen LogP contribution in [0, 0.1) is 0 Å². The topological polar surface area (TPSA) is 20.2 Å². The molecule has 0 radical (unpaired) electrons. The van der Waals surface area contributed by atoms with Crippen molar-refractivity contribution in [3.8, 4) is 0 Å². The van der Waals surface area contributed by atoms with Gasteiger partial charge in [-0.1, -0.05) is 83.3 Å². The number of hydrogen-bond donors (Lipinski definition) is 1. The predicted molar refractivity (Wildman–Crippen MR) is 91.2 cm³/mol. The Bertz CT molecular complexity index is 208. The van der Waals surface area contributed by atoms with Gasteiger partial charge in [-0.15, -0.1) is 0 Å². The summed E-state index contributed by atoms with van der Waals surface area (Å²) in [5.41, 5.74) is 1.49. The zero-order chi connectivity index (χ0) is 14.9. The van der Waals surface area contributed by atoms with Crippen LogP contribution in [0.25, 0.3) is 0 Å². The summed E-state index contributed by atoms with van der Waals surface area (Å²) < 4.78 is 0. The van der Waals surface area contributed by atoms with Gasteiger partial charge >= 0.3 is 0 Å². The largest absolute Gasteiger partial charge is 0.396 e. The average molecular weight is 283 g/mol. The van der Waals surface area contributed by atoms with E-state index in [1.165, 1.54) is 89.0 Å². The molecule has 20 heavy (non-hydrogen) atoms. The first-order valence-corrected chi connectivity index (χ1v) is 9.13. The van der Waals surface area contributed by atoms with Gasteiger partial charge in [-0.05, 0) is 32.1 Å². The second-order valence-corrected chi connectivity index (χ2v) is 6.06. The van der Waals surface area contributed by atoms with Crippen LogP contribution in [0.15, 0.2) is 11.6 Å². The molecule has 0 heterocycles. The van der Waals surface area contributed by atoms with Crippen molar-refractivity contribution in [2.75, 3.05) is 6.61 Å².